The molecule has 1 aromatic heterocycles. The van der Waals surface area contributed by atoms with Crippen molar-refractivity contribution in [1.82, 2.24) is 15.2 Å². The van der Waals surface area contributed by atoms with Gasteiger partial charge in [0.25, 0.3) is 0 Å². The first-order chi connectivity index (χ1) is 10.2. The van der Waals surface area contributed by atoms with E-state index in [1.165, 1.54) is 16.2 Å². The highest BCUT2D eigenvalue weighted by atomic mass is 35.5. The van der Waals surface area contributed by atoms with E-state index in [2.05, 4.69) is 10.3 Å². The van der Waals surface area contributed by atoms with E-state index in [4.69, 9.17) is 11.6 Å². The summed E-state index contributed by atoms with van der Waals surface area (Å²) in [6.07, 6.45) is 0. The van der Waals surface area contributed by atoms with Crippen LogP contribution in [0.1, 0.15) is 11.3 Å². The first-order valence-electron chi connectivity index (χ1n) is 6.36. The minimum Gasteiger partial charge on any atom is -0.329 e. The Bertz CT molecular complexity index is 685. The van der Waals surface area contributed by atoms with Crippen LogP contribution in [0.25, 0.3) is 10.6 Å². The fraction of sp³-hybridized carbons (Fsp3) is 0.214. The number of benzene rings is 1. The number of hydrogen-bond acceptors (Lipinski definition) is 4. The maximum Gasteiger partial charge on any atom is 0.324 e. The molecule has 0 radical (unpaired) electrons. The number of carbonyl (C=O) groups excluding carboxylic acids is 2. The Morgan fingerprint density at radius 1 is 1.33 bits per heavy atom. The molecular formula is C14H12ClN3O2S. The van der Waals surface area contributed by atoms with Gasteiger partial charge in [0.15, 0.2) is 0 Å². The van der Waals surface area contributed by atoms with Crippen LogP contribution < -0.4 is 5.32 Å². The number of halogens is 1. The van der Waals surface area contributed by atoms with Crippen LogP contribution in [0.15, 0.2) is 29.6 Å². The van der Waals surface area contributed by atoms with E-state index < -0.39 is 0 Å². The zero-order chi connectivity index (χ0) is 14.8. The standard InChI is InChI=1S/C14H12ClN3O2S/c15-5-10-8-21-13(17-10)11-4-2-1-3-9(11)7-18-12(19)6-16-14(18)20/h1-4,8H,5-7H2,(H,16,20). The van der Waals surface area contributed by atoms with Gasteiger partial charge in [0.05, 0.1) is 24.7 Å². The number of urea groups is 1. The van der Waals surface area contributed by atoms with Crippen LogP contribution in [-0.2, 0) is 17.2 Å². The van der Waals surface area contributed by atoms with Gasteiger partial charge in [-0.15, -0.1) is 22.9 Å². The first kappa shape index (κ1) is 14.0. The number of alkyl halides is 1. The average molecular weight is 322 g/mol. The lowest BCUT2D eigenvalue weighted by atomic mass is 10.1. The maximum absolute atomic E-state index is 11.7. The molecular weight excluding hydrogens is 310 g/mol. The first-order valence-corrected chi connectivity index (χ1v) is 7.77. The normalized spacial score (nSPS) is 14.6. The molecule has 1 fully saturated rings. The van der Waals surface area contributed by atoms with Crippen LogP contribution in [0.4, 0.5) is 4.79 Å². The fourth-order valence-electron chi connectivity index (χ4n) is 2.14. The number of rotatable bonds is 4. The molecule has 1 aliphatic heterocycles. The Kier molecular flexibility index (Phi) is 3.90. The van der Waals surface area contributed by atoms with Crippen molar-refractivity contribution in [2.24, 2.45) is 0 Å². The van der Waals surface area contributed by atoms with E-state index in [1.807, 2.05) is 29.6 Å². The molecule has 21 heavy (non-hydrogen) atoms. The second-order valence-corrected chi connectivity index (χ2v) is 5.70. The van der Waals surface area contributed by atoms with Gasteiger partial charge in [-0.1, -0.05) is 24.3 Å². The second-order valence-electron chi connectivity index (χ2n) is 4.57. The highest BCUT2D eigenvalue weighted by Gasteiger charge is 2.29. The SMILES string of the molecule is O=C1CNC(=O)N1Cc1ccccc1-c1nc(CCl)cs1. The molecule has 0 unspecified atom stereocenters. The van der Waals surface area contributed by atoms with Crippen molar-refractivity contribution in [2.45, 2.75) is 12.4 Å². The second kappa shape index (κ2) is 5.83. The molecule has 2 heterocycles. The summed E-state index contributed by atoms with van der Waals surface area (Å²) < 4.78 is 0. The third-order valence-electron chi connectivity index (χ3n) is 3.20. The van der Waals surface area contributed by atoms with E-state index in [0.717, 1.165) is 21.8 Å². The van der Waals surface area contributed by atoms with Gasteiger partial charge in [-0.2, -0.15) is 0 Å². The zero-order valence-corrected chi connectivity index (χ0v) is 12.6. The monoisotopic (exact) mass is 321 g/mol. The van der Waals surface area contributed by atoms with Crippen LogP contribution in [0.5, 0.6) is 0 Å². The number of nitrogens with one attached hydrogen (secondary N) is 1. The number of nitrogens with zero attached hydrogens (tertiary/aromatic N) is 2. The predicted octanol–water partition coefficient (Wildman–Crippen LogP) is 2.60. The number of thiazole rings is 1. The highest BCUT2D eigenvalue weighted by molar-refractivity contribution is 7.13. The topological polar surface area (TPSA) is 62.3 Å². The van der Waals surface area contributed by atoms with Crippen LogP contribution in [0.3, 0.4) is 0 Å². The van der Waals surface area contributed by atoms with Crippen molar-refractivity contribution in [3.8, 4) is 10.6 Å². The van der Waals surface area contributed by atoms with Gasteiger partial charge < -0.3 is 5.32 Å². The number of imide groups is 1. The Labute approximate surface area is 130 Å². The van der Waals surface area contributed by atoms with Crippen molar-refractivity contribution >= 4 is 34.9 Å². The predicted molar refractivity (Wildman–Crippen MR) is 81.1 cm³/mol. The van der Waals surface area contributed by atoms with Gasteiger partial charge in [-0.25, -0.2) is 9.78 Å². The highest BCUT2D eigenvalue weighted by Crippen LogP contribution is 2.28. The molecule has 108 valence electrons. The lowest BCUT2D eigenvalue weighted by Crippen LogP contribution is -2.30. The van der Waals surface area contributed by atoms with Crippen molar-refractivity contribution in [1.29, 1.82) is 0 Å². The number of carbonyl (C=O) groups is 2. The van der Waals surface area contributed by atoms with Crippen LogP contribution >= 0.6 is 22.9 Å². The largest absolute Gasteiger partial charge is 0.329 e. The fourth-order valence-corrected chi connectivity index (χ4v) is 3.25. The summed E-state index contributed by atoms with van der Waals surface area (Å²) in [6, 6.07) is 7.27. The Morgan fingerprint density at radius 3 is 2.81 bits per heavy atom. The van der Waals surface area contributed by atoms with Crippen molar-refractivity contribution < 1.29 is 9.59 Å². The molecule has 1 aliphatic rings. The van der Waals surface area contributed by atoms with Gasteiger partial charge in [0, 0.05) is 10.9 Å². The Hall–Kier alpha value is -1.92. The lowest BCUT2D eigenvalue weighted by Gasteiger charge is -2.14. The molecule has 0 aliphatic carbocycles. The molecule has 2 aromatic rings. The molecule has 1 saturated heterocycles. The Balaban J connectivity index is 1.92. The van der Waals surface area contributed by atoms with Crippen molar-refractivity contribution in [3.05, 3.63) is 40.9 Å². The van der Waals surface area contributed by atoms with Gasteiger partial charge in [0.1, 0.15) is 5.01 Å². The summed E-state index contributed by atoms with van der Waals surface area (Å²) in [6.45, 7) is 0.311. The molecule has 1 N–H and O–H groups in total. The van der Waals surface area contributed by atoms with Crippen LogP contribution in [0.2, 0.25) is 0 Å². The van der Waals surface area contributed by atoms with Gasteiger partial charge in [-0.3, -0.25) is 9.69 Å². The summed E-state index contributed by atoms with van der Waals surface area (Å²) in [5, 5.41) is 5.27. The van der Waals surface area contributed by atoms with Gasteiger partial charge in [-0.05, 0) is 5.56 Å². The third-order valence-corrected chi connectivity index (χ3v) is 4.40. The quantitative estimate of drug-likeness (QED) is 0.695. The lowest BCUT2D eigenvalue weighted by molar-refractivity contribution is -0.125. The molecule has 7 heteroatoms. The van der Waals surface area contributed by atoms with E-state index in [9.17, 15) is 9.59 Å². The molecule has 3 amide bonds. The molecule has 0 bridgehead atoms. The maximum atomic E-state index is 11.7. The molecule has 0 atom stereocenters. The van der Waals surface area contributed by atoms with Crippen molar-refractivity contribution in [3.63, 3.8) is 0 Å². The minimum atomic E-state index is -0.351. The van der Waals surface area contributed by atoms with E-state index in [1.54, 1.807) is 0 Å². The molecule has 5 nitrogen and oxygen atoms in total. The zero-order valence-electron chi connectivity index (χ0n) is 11.0. The summed E-state index contributed by atoms with van der Waals surface area (Å²) in [5.41, 5.74) is 2.63. The molecule has 0 spiro atoms. The minimum absolute atomic E-state index is 0.0641. The van der Waals surface area contributed by atoms with Gasteiger partial charge in [0.2, 0.25) is 5.91 Å². The van der Waals surface area contributed by atoms with Gasteiger partial charge >= 0.3 is 6.03 Å². The third kappa shape index (κ3) is 2.77. The number of aromatic nitrogens is 1. The van der Waals surface area contributed by atoms with Crippen molar-refractivity contribution in [2.75, 3.05) is 6.54 Å². The number of amides is 3. The summed E-state index contributed by atoms with van der Waals surface area (Å²) in [4.78, 5) is 29.0. The molecule has 1 aromatic carbocycles. The van der Waals surface area contributed by atoms with E-state index in [0.29, 0.717) is 5.88 Å². The smallest absolute Gasteiger partial charge is 0.324 e. The molecule has 0 saturated carbocycles. The van der Waals surface area contributed by atoms with E-state index in [-0.39, 0.29) is 25.0 Å². The summed E-state index contributed by atoms with van der Waals surface area (Å²) in [5.74, 6) is 0.154. The van der Waals surface area contributed by atoms with Crippen LogP contribution in [0, 0.1) is 0 Å². The summed E-state index contributed by atoms with van der Waals surface area (Å²) >= 11 is 7.28. The molecule has 3 rings (SSSR count). The Morgan fingerprint density at radius 2 is 2.14 bits per heavy atom. The average Bonchev–Trinajstić information content (AvgIpc) is 3.10. The van der Waals surface area contributed by atoms with E-state index >= 15 is 0 Å². The summed E-state index contributed by atoms with van der Waals surface area (Å²) in [7, 11) is 0. The number of hydrogen-bond donors (Lipinski definition) is 1. The van der Waals surface area contributed by atoms with Crippen LogP contribution in [-0.4, -0.2) is 28.4 Å².